The van der Waals surface area contributed by atoms with E-state index in [2.05, 4.69) is 12.2 Å². The third-order valence-electron chi connectivity index (χ3n) is 3.05. The Morgan fingerprint density at radius 2 is 2.11 bits per heavy atom. The number of nitrogens with zero attached hydrogens (tertiary/aromatic N) is 1. The van der Waals surface area contributed by atoms with Crippen LogP contribution in [0.5, 0.6) is 0 Å². The Morgan fingerprint density at radius 3 is 2.67 bits per heavy atom. The van der Waals surface area contributed by atoms with Crippen LogP contribution in [0.2, 0.25) is 0 Å². The van der Waals surface area contributed by atoms with Gasteiger partial charge in [0.15, 0.2) is 0 Å². The molecule has 1 fully saturated rings. The molecule has 1 saturated heterocycles. The molecule has 1 aromatic carbocycles. The van der Waals surface area contributed by atoms with Crippen LogP contribution in [-0.4, -0.2) is 29.7 Å². The minimum atomic E-state index is -0.900. The topological polar surface area (TPSA) is 69.6 Å². The summed E-state index contributed by atoms with van der Waals surface area (Å²) in [4.78, 5) is 23.9. The van der Waals surface area contributed by atoms with Crippen molar-refractivity contribution in [1.82, 2.24) is 5.32 Å². The second kappa shape index (κ2) is 5.08. The number of carbonyl (C=O) groups excluding carboxylic acids is 1. The summed E-state index contributed by atoms with van der Waals surface area (Å²) < 4.78 is 0. The zero-order valence-corrected chi connectivity index (χ0v) is 10.2. The van der Waals surface area contributed by atoms with E-state index in [-0.39, 0.29) is 18.5 Å². The predicted octanol–water partition coefficient (Wildman–Crippen LogP) is 1.62. The summed E-state index contributed by atoms with van der Waals surface area (Å²) in [5, 5.41) is 11.4. The molecule has 18 heavy (non-hydrogen) atoms. The standard InChI is InChI=1S/C13H16N2O3/c1-2-9-3-5-11(6-4-9)15-8-10(7-12(16)17)14-13(15)18/h3-6,10H,2,7-8H2,1H3,(H,14,18)(H,16,17). The average molecular weight is 248 g/mol. The molecule has 1 heterocycles. The summed E-state index contributed by atoms with van der Waals surface area (Å²) in [7, 11) is 0. The predicted molar refractivity (Wildman–Crippen MR) is 67.7 cm³/mol. The molecule has 0 bridgehead atoms. The highest BCUT2D eigenvalue weighted by Crippen LogP contribution is 2.20. The number of amides is 2. The molecule has 1 unspecified atom stereocenters. The molecule has 0 aliphatic carbocycles. The van der Waals surface area contributed by atoms with Crippen molar-refractivity contribution >= 4 is 17.7 Å². The van der Waals surface area contributed by atoms with Gasteiger partial charge in [-0.15, -0.1) is 0 Å². The molecule has 0 saturated carbocycles. The molecule has 5 heteroatoms. The van der Waals surface area contributed by atoms with E-state index in [0.29, 0.717) is 6.54 Å². The molecule has 1 aliphatic rings. The van der Waals surface area contributed by atoms with Gasteiger partial charge in [-0.2, -0.15) is 0 Å². The van der Waals surface area contributed by atoms with Crippen LogP contribution < -0.4 is 10.2 Å². The Hall–Kier alpha value is -2.04. The van der Waals surface area contributed by atoms with Gasteiger partial charge in [-0.3, -0.25) is 9.69 Å². The summed E-state index contributed by atoms with van der Waals surface area (Å²) >= 11 is 0. The lowest BCUT2D eigenvalue weighted by molar-refractivity contribution is -0.137. The zero-order valence-electron chi connectivity index (χ0n) is 10.2. The first-order chi connectivity index (χ1) is 8.60. The van der Waals surface area contributed by atoms with Gasteiger partial charge in [-0.25, -0.2) is 4.79 Å². The molecular formula is C13H16N2O3. The molecule has 1 aliphatic heterocycles. The number of benzene rings is 1. The van der Waals surface area contributed by atoms with Crippen molar-refractivity contribution in [2.75, 3.05) is 11.4 Å². The SMILES string of the molecule is CCc1ccc(N2CC(CC(=O)O)NC2=O)cc1. The first-order valence-corrected chi connectivity index (χ1v) is 5.99. The molecule has 5 nitrogen and oxygen atoms in total. The number of carbonyl (C=O) groups is 2. The smallest absolute Gasteiger partial charge is 0.322 e. The monoisotopic (exact) mass is 248 g/mol. The van der Waals surface area contributed by atoms with Crippen LogP contribution in [0.15, 0.2) is 24.3 Å². The van der Waals surface area contributed by atoms with E-state index in [1.165, 1.54) is 5.56 Å². The molecule has 96 valence electrons. The first kappa shape index (κ1) is 12.4. The highest BCUT2D eigenvalue weighted by molar-refractivity contribution is 5.95. The second-order valence-electron chi connectivity index (χ2n) is 4.37. The molecule has 0 aromatic heterocycles. The Labute approximate surface area is 105 Å². The highest BCUT2D eigenvalue weighted by Gasteiger charge is 2.30. The quantitative estimate of drug-likeness (QED) is 0.850. The molecule has 2 N–H and O–H groups in total. The van der Waals surface area contributed by atoms with E-state index in [1.807, 2.05) is 24.3 Å². The third kappa shape index (κ3) is 2.61. The van der Waals surface area contributed by atoms with E-state index in [4.69, 9.17) is 5.11 Å². The van der Waals surface area contributed by atoms with Gasteiger partial charge in [0, 0.05) is 12.2 Å². The number of anilines is 1. The normalized spacial score (nSPS) is 18.8. The van der Waals surface area contributed by atoms with Gasteiger partial charge in [-0.1, -0.05) is 19.1 Å². The van der Waals surface area contributed by atoms with Gasteiger partial charge < -0.3 is 10.4 Å². The molecule has 0 radical (unpaired) electrons. The van der Waals surface area contributed by atoms with Gasteiger partial charge in [0.25, 0.3) is 0 Å². The molecule has 2 rings (SSSR count). The van der Waals surface area contributed by atoms with Crippen molar-refractivity contribution < 1.29 is 14.7 Å². The molecule has 0 spiro atoms. The lowest BCUT2D eigenvalue weighted by Gasteiger charge is -2.14. The number of hydrogen-bond donors (Lipinski definition) is 2. The van der Waals surface area contributed by atoms with Crippen molar-refractivity contribution in [2.24, 2.45) is 0 Å². The van der Waals surface area contributed by atoms with Crippen molar-refractivity contribution in [3.63, 3.8) is 0 Å². The zero-order chi connectivity index (χ0) is 13.1. The van der Waals surface area contributed by atoms with Crippen molar-refractivity contribution in [3.8, 4) is 0 Å². The van der Waals surface area contributed by atoms with Crippen LogP contribution in [0.3, 0.4) is 0 Å². The molecule has 1 atom stereocenters. The van der Waals surface area contributed by atoms with Crippen LogP contribution in [-0.2, 0) is 11.2 Å². The maximum Gasteiger partial charge on any atom is 0.322 e. The van der Waals surface area contributed by atoms with Crippen LogP contribution >= 0.6 is 0 Å². The number of carboxylic acids is 1. The van der Waals surface area contributed by atoms with Crippen LogP contribution in [0.1, 0.15) is 18.9 Å². The van der Waals surface area contributed by atoms with Gasteiger partial charge in [-0.05, 0) is 24.1 Å². The van der Waals surface area contributed by atoms with E-state index >= 15 is 0 Å². The summed E-state index contributed by atoms with van der Waals surface area (Å²) in [6, 6.07) is 7.19. The van der Waals surface area contributed by atoms with Crippen molar-refractivity contribution in [1.29, 1.82) is 0 Å². The summed E-state index contributed by atoms with van der Waals surface area (Å²) in [5.41, 5.74) is 2.01. The van der Waals surface area contributed by atoms with Gasteiger partial charge in [0.2, 0.25) is 0 Å². The Balaban J connectivity index is 2.08. The Bertz CT molecular complexity index is 456. The maximum atomic E-state index is 11.7. The summed E-state index contributed by atoms with van der Waals surface area (Å²) in [5.74, 6) is -0.900. The van der Waals surface area contributed by atoms with E-state index in [0.717, 1.165) is 12.1 Å². The van der Waals surface area contributed by atoms with Crippen LogP contribution in [0.4, 0.5) is 10.5 Å². The summed E-state index contributed by atoms with van der Waals surface area (Å²) in [6.07, 6.45) is 0.906. The first-order valence-electron chi connectivity index (χ1n) is 5.99. The van der Waals surface area contributed by atoms with Gasteiger partial charge in [0.1, 0.15) is 0 Å². The maximum absolute atomic E-state index is 11.7. The number of aryl methyl sites for hydroxylation is 1. The fraction of sp³-hybridized carbons (Fsp3) is 0.385. The average Bonchev–Trinajstić information content (AvgIpc) is 2.69. The molecular weight excluding hydrogens is 232 g/mol. The lowest BCUT2D eigenvalue weighted by Crippen LogP contribution is -2.29. The van der Waals surface area contributed by atoms with Crippen LogP contribution in [0.25, 0.3) is 0 Å². The molecule has 1 aromatic rings. The van der Waals surface area contributed by atoms with Gasteiger partial charge >= 0.3 is 12.0 Å². The number of aliphatic carboxylic acids is 1. The van der Waals surface area contributed by atoms with Gasteiger partial charge in [0.05, 0.1) is 12.5 Å². The largest absolute Gasteiger partial charge is 0.481 e. The summed E-state index contributed by atoms with van der Waals surface area (Å²) in [6.45, 7) is 2.47. The number of nitrogens with one attached hydrogen (secondary N) is 1. The van der Waals surface area contributed by atoms with Crippen molar-refractivity contribution in [2.45, 2.75) is 25.8 Å². The number of hydrogen-bond acceptors (Lipinski definition) is 2. The van der Waals surface area contributed by atoms with E-state index in [9.17, 15) is 9.59 Å². The lowest BCUT2D eigenvalue weighted by atomic mass is 10.1. The van der Waals surface area contributed by atoms with E-state index < -0.39 is 5.97 Å². The Morgan fingerprint density at radius 1 is 1.44 bits per heavy atom. The highest BCUT2D eigenvalue weighted by atomic mass is 16.4. The Kier molecular flexibility index (Phi) is 3.50. The minimum Gasteiger partial charge on any atom is -0.481 e. The van der Waals surface area contributed by atoms with E-state index in [1.54, 1.807) is 4.90 Å². The fourth-order valence-electron chi connectivity index (χ4n) is 2.06. The van der Waals surface area contributed by atoms with Crippen molar-refractivity contribution in [3.05, 3.63) is 29.8 Å². The fourth-order valence-corrected chi connectivity index (χ4v) is 2.06. The second-order valence-corrected chi connectivity index (χ2v) is 4.37. The number of carboxylic acid groups (broad SMARTS) is 1. The number of urea groups is 1. The third-order valence-corrected chi connectivity index (χ3v) is 3.05. The minimum absolute atomic E-state index is 0.0463. The molecule has 2 amide bonds. The number of rotatable bonds is 4. The van der Waals surface area contributed by atoms with Crippen LogP contribution in [0, 0.1) is 0 Å².